The van der Waals surface area contributed by atoms with E-state index in [0.717, 1.165) is 84.0 Å². The van der Waals surface area contributed by atoms with Crippen molar-refractivity contribution >= 4 is 43.9 Å². The molecule has 0 radical (unpaired) electrons. The standard InChI is InChI=1S/C37H26N4O/c1-3-27-21-30(28-19-18-24-17-16-22(2)38-32(24)34(28)39-27)25-12-9-13-26(20-25)37-40-33(23-10-5-4-6-11-23)36-35(41-37)29-14-7-8-15-31(29)42-36/h4-21H,3H2,1-2H3. The molecule has 0 saturated heterocycles. The van der Waals surface area contributed by atoms with Gasteiger partial charge in [0.25, 0.3) is 0 Å². The number of furan rings is 1. The molecule has 4 heterocycles. The summed E-state index contributed by atoms with van der Waals surface area (Å²) in [7, 11) is 0. The highest BCUT2D eigenvalue weighted by Gasteiger charge is 2.19. The van der Waals surface area contributed by atoms with Crippen LogP contribution in [0.1, 0.15) is 18.3 Å². The van der Waals surface area contributed by atoms with Gasteiger partial charge in [-0.3, -0.25) is 9.97 Å². The van der Waals surface area contributed by atoms with E-state index in [4.69, 9.17) is 24.4 Å². The SMILES string of the molecule is CCc1cc(-c2cccc(-c3nc(-c4ccccc4)c4oc5ccccc5c4n3)c2)c2ccc3ccc(C)nc3c2n1. The monoisotopic (exact) mass is 542 g/mol. The number of nitrogens with zero attached hydrogens (tertiary/aromatic N) is 4. The number of hydrogen-bond acceptors (Lipinski definition) is 5. The van der Waals surface area contributed by atoms with Crippen LogP contribution in [-0.2, 0) is 6.42 Å². The molecule has 0 unspecified atom stereocenters. The molecule has 0 aliphatic heterocycles. The van der Waals surface area contributed by atoms with Crippen molar-refractivity contribution in [2.24, 2.45) is 0 Å². The number of benzene rings is 4. The van der Waals surface area contributed by atoms with Crippen LogP contribution in [0.4, 0.5) is 0 Å². The quantitative estimate of drug-likeness (QED) is 0.207. The molecule has 4 aromatic heterocycles. The summed E-state index contributed by atoms with van der Waals surface area (Å²) in [5, 5.41) is 3.15. The maximum atomic E-state index is 6.30. The zero-order valence-corrected chi connectivity index (χ0v) is 23.3. The van der Waals surface area contributed by atoms with E-state index in [1.807, 2.05) is 49.4 Å². The highest BCUT2D eigenvalue weighted by Crippen LogP contribution is 2.37. The van der Waals surface area contributed by atoms with Gasteiger partial charge in [0.2, 0.25) is 0 Å². The summed E-state index contributed by atoms with van der Waals surface area (Å²) in [6.07, 6.45) is 0.832. The first-order valence-corrected chi connectivity index (χ1v) is 14.2. The normalized spacial score (nSPS) is 11.7. The summed E-state index contributed by atoms with van der Waals surface area (Å²) in [5.74, 6) is 0.659. The van der Waals surface area contributed by atoms with Crippen LogP contribution in [0, 0.1) is 6.92 Å². The first kappa shape index (κ1) is 24.4. The smallest absolute Gasteiger partial charge is 0.180 e. The van der Waals surface area contributed by atoms with Crippen molar-refractivity contribution < 1.29 is 4.42 Å². The van der Waals surface area contributed by atoms with Crippen LogP contribution in [0.15, 0.2) is 114 Å². The molecule has 42 heavy (non-hydrogen) atoms. The Morgan fingerprint density at radius 1 is 0.595 bits per heavy atom. The Kier molecular flexibility index (Phi) is 5.57. The lowest BCUT2D eigenvalue weighted by Gasteiger charge is -2.13. The molecule has 0 spiro atoms. The molecule has 0 atom stereocenters. The van der Waals surface area contributed by atoms with E-state index in [2.05, 4.69) is 73.7 Å². The van der Waals surface area contributed by atoms with Crippen LogP contribution in [0.3, 0.4) is 0 Å². The van der Waals surface area contributed by atoms with Crippen molar-refractivity contribution in [3.05, 3.63) is 121 Å². The van der Waals surface area contributed by atoms with Crippen LogP contribution in [0.25, 0.3) is 77.6 Å². The molecule has 0 bridgehead atoms. The van der Waals surface area contributed by atoms with E-state index >= 15 is 0 Å². The van der Waals surface area contributed by atoms with Crippen LogP contribution < -0.4 is 0 Å². The Balaban J connectivity index is 1.36. The van der Waals surface area contributed by atoms with Gasteiger partial charge in [0.05, 0.1) is 11.0 Å². The second-order valence-electron chi connectivity index (χ2n) is 10.6. The average molecular weight is 543 g/mol. The number of aryl methyl sites for hydroxylation is 2. The predicted octanol–water partition coefficient (Wildman–Crippen LogP) is 9.34. The molecule has 5 heteroatoms. The van der Waals surface area contributed by atoms with Crippen molar-refractivity contribution in [2.45, 2.75) is 20.3 Å². The topological polar surface area (TPSA) is 64.7 Å². The van der Waals surface area contributed by atoms with Crippen LogP contribution >= 0.6 is 0 Å². The Bertz CT molecular complexity index is 2300. The summed E-state index contributed by atoms with van der Waals surface area (Å²) in [6.45, 7) is 4.16. The minimum absolute atomic E-state index is 0.659. The fourth-order valence-corrected chi connectivity index (χ4v) is 5.78. The van der Waals surface area contributed by atoms with Gasteiger partial charge in [-0.1, -0.05) is 85.8 Å². The van der Waals surface area contributed by atoms with E-state index in [9.17, 15) is 0 Å². The molecule has 0 saturated carbocycles. The minimum atomic E-state index is 0.659. The van der Waals surface area contributed by atoms with E-state index in [0.29, 0.717) is 11.4 Å². The number of hydrogen-bond donors (Lipinski definition) is 0. The molecule has 8 rings (SSSR count). The largest absolute Gasteiger partial charge is 0.452 e. The van der Waals surface area contributed by atoms with Gasteiger partial charge in [-0.25, -0.2) is 9.97 Å². The molecule has 4 aromatic carbocycles. The fraction of sp³-hybridized carbons (Fsp3) is 0.0811. The summed E-state index contributed by atoms with van der Waals surface area (Å²) >= 11 is 0. The molecule has 5 nitrogen and oxygen atoms in total. The molecule has 0 aliphatic rings. The van der Waals surface area contributed by atoms with Crippen molar-refractivity contribution in [1.29, 1.82) is 0 Å². The number of para-hydroxylation sites is 1. The first-order chi connectivity index (χ1) is 20.7. The van der Waals surface area contributed by atoms with Gasteiger partial charge < -0.3 is 4.42 Å². The van der Waals surface area contributed by atoms with E-state index in [1.165, 1.54) is 0 Å². The van der Waals surface area contributed by atoms with Crippen molar-refractivity contribution in [3.63, 3.8) is 0 Å². The van der Waals surface area contributed by atoms with Crippen molar-refractivity contribution in [1.82, 2.24) is 19.9 Å². The zero-order chi connectivity index (χ0) is 28.2. The summed E-state index contributed by atoms with van der Waals surface area (Å²) in [5.41, 5.74) is 11.1. The zero-order valence-electron chi connectivity index (χ0n) is 23.3. The third-order valence-electron chi connectivity index (χ3n) is 7.89. The molecule has 0 amide bonds. The molecule has 0 fully saturated rings. The lowest BCUT2D eigenvalue weighted by atomic mass is 9.96. The Morgan fingerprint density at radius 2 is 1.38 bits per heavy atom. The average Bonchev–Trinajstić information content (AvgIpc) is 3.43. The molecule has 8 aromatic rings. The number of aromatic nitrogens is 4. The second kappa shape index (κ2) is 9.60. The van der Waals surface area contributed by atoms with Crippen LogP contribution in [0.5, 0.6) is 0 Å². The lowest BCUT2D eigenvalue weighted by molar-refractivity contribution is 0.667. The maximum absolute atomic E-state index is 6.30. The summed E-state index contributed by atoms with van der Waals surface area (Å²) < 4.78 is 6.30. The van der Waals surface area contributed by atoms with E-state index in [-0.39, 0.29) is 0 Å². The third-order valence-corrected chi connectivity index (χ3v) is 7.89. The van der Waals surface area contributed by atoms with Gasteiger partial charge in [0, 0.05) is 38.7 Å². The maximum Gasteiger partial charge on any atom is 0.180 e. The van der Waals surface area contributed by atoms with E-state index < -0.39 is 0 Å². The van der Waals surface area contributed by atoms with Crippen LogP contribution in [0.2, 0.25) is 0 Å². The summed E-state index contributed by atoms with van der Waals surface area (Å²) in [6, 6.07) is 37.3. The van der Waals surface area contributed by atoms with Crippen molar-refractivity contribution in [2.75, 3.05) is 0 Å². The summed E-state index contributed by atoms with van der Waals surface area (Å²) in [4.78, 5) is 20.1. The first-order valence-electron chi connectivity index (χ1n) is 14.2. The predicted molar refractivity (Wildman–Crippen MR) is 170 cm³/mol. The Hall–Kier alpha value is -5.42. The molecular formula is C37H26N4O. The number of pyridine rings is 2. The second-order valence-corrected chi connectivity index (χ2v) is 10.6. The van der Waals surface area contributed by atoms with Gasteiger partial charge >= 0.3 is 0 Å². The van der Waals surface area contributed by atoms with Gasteiger partial charge in [-0.2, -0.15) is 0 Å². The Labute approximate surface area is 242 Å². The Morgan fingerprint density at radius 3 is 2.26 bits per heavy atom. The van der Waals surface area contributed by atoms with Crippen LogP contribution in [-0.4, -0.2) is 19.9 Å². The van der Waals surface area contributed by atoms with Gasteiger partial charge in [-0.15, -0.1) is 0 Å². The molecule has 0 aliphatic carbocycles. The van der Waals surface area contributed by atoms with Gasteiger partial charge in [0.15, 0.2) is 11.4 Å². The molecule has 200 valence electrons. The highest BCUT2D eigenvalue weighted by atomic mass is 16.3. The minimum Gasteiger partial charge on any atom is -0.452 e. The highest BCUT2D eigenvalue weighted by molar-refractivity contribution is 6.09. The molecular weight excluding hydrogens is 516 g/mol. The lowest BCUT2D eigenvalue weighted by Crippen LogP contribution is -1.96. The van der Waals surface area contributed by atoms with Gasteiger partial charge in [-0.05, 0) is 54.8 Å². The molecule has 0 N–H and O–H groups in total. The fourth-order valence-electron chi connectivity index (χ4n) is 5.78. The number of rotatable bonds is 4. The number of fused-ring (bicyclic) bond motifs is 6. The van der Waals surface area contributed by atoms with Crippen molar-refractivity contribution in [3.8, 4) is 33.8 Å². The van der Waals surface area contributed by atoms with E-state index in [1.54, 1.807) is 0 Å². The third kappa shape index (κ3) is 3.93. The van der Waals surface area contributed by atoms with Gasteiger partial charge in [0.1, 0.15) is 16.8 Å².